The van der Waals surface area contributed by atoms with Crippen LogP contribution < -0.4 is 0 Å². The molecular weight excluding hydrogens is 362 g/mol. The van der Waals surface area contributed by atoms with Crippen LogP contribution in [-0.2, 0) is 10.0 Å². The van der Waals surface area contributed by atoms with Crippen LogP contribution in [0.15, 0.2) is 27.6 Å². The molecule has 1 heterocycles. The van der Waals surface area contributed by atoms with E-state index in [0.717, 1.165) is 12.8 Å². The lowest BCUT2D eigenvalue weighted by Gasteiger charge is -2.31. The van der Waals surface area contributed by atoms with Gasteiger partial charge in [-0.05, 0) is 52.9 Å². The van der Waals surface area contributed by atoms with Gasteiger partial charge >= 0.3 is 0 Å². The van der Waals surface area contributed by atoms with Crippen molar-refractivity contribution in [2.24, 2.45) is 5.92 Å². The van der Waals surface area contributed by atoms with Crippen molar-refractivity contribution >= 4 is 37.6 Å². The zero-order valence-electron chi connectivity index (χ0n) is 11.5. The first kappa shape index (κ1) is 16.3. The van der Waals surface area contributed by atoms with Gasteiger partial charge in [0, 0.05) is 17.6 Å². The molecule has 1 fully saturated rings. The molecule has 0 aliphatic carbocycles. The number of sulfonamides is 1. The highest BCUT2D eigenvalue weighted by Gasteiger charge is 2.29. The minimum atomic E-state index is -3.39. The predicted molar refractivity (Wildman–Crippen MR) is 85.5 cm³/mol. The second kappa shape index (κ2) is 6.77. The van der Waals surface area contributed by atoms with Crippen molar-refractivity contribution in [3.05, 3.63) is 27.7 Å². The largest absolute Gasteiger partial charge is 0.243 e. The molecule has 112 valence electrons. The van der Waals surface area contributed by atoms with Gasteiger partial charge in [0.1, 0.15) is 0 Å². The topological polar surface area (TPSA) is 37.4 Å². The van der Waals surface area contributed by atoms with E-state index in [2.05, 4.69) is 22.9 Å². The first-order valence-electron chi connectivity index (χ1n) is 6.90. The van der Waals surface area contributed by atoms with Crippen LogP contribution in [0.5, 0.6) is 0 Å². The van der Waals surface area contributed by atoms with Gasteiger partial charge in [-0.2, -0.15) is 4.31 Å². The summed E-state index contributed by atoms with van der Waals surface area (Å²) in [5, 5.41) is 0.519. The van der Waals surface area contributed by atoms with E-state index >= 15 is 0 Å². The molecule has 0 N–H and O–H groups in total. The maximum Gasteiger partial charge on any atom is 0.243 e. The second-order valence-electron chi connectivity index (χ2n) is 5.21. The maximum atomic E-state index is 12.6. The minimum Gasteiger partial charge on any atom is -0.207 e. The molecule has 1 aromatic rings. The summed E-state index contributed by atoms with van der Waals surface area (Å²) in [7, 11) is -3.39. The molecule has 1 saturated heterocycles. The zero-order chi connectivity index (χ0) is 14.8. The quantitative estimate of drug-likeness (QED) is 0.781. The third-order valence-electron chi connectivity index (χ3n) is 3.80. The van der Waals surface area contributed by atoms with E-state index < -0.39 is 10.0 Å². The molecule has 1 aliphatic rings. The van der Waals surface area contributed by atoms with Crippen LogP contribution in [0.3, 0.4) is 0 Å². The van der Waals surface area contributed by atoms with E-state index in [9.17, 15) is 8.42 Å². The number of hydrogen-bond donors (Lipinski definition) is 0. The summed E-state index contributed by atoms with van der Waals surface area (Å²) < 4.78 is 27.4. The Hall–Kier alpha value is -0.100. The first-order chi connectivity index (χ1) is 9.45. The number of hydrogen-bond acceptors (Lipinski definition) is 2. The standard InChI is InChI=1S/C14H19BrClNO2S/c1-2-3-11-6-8-17(9-7-11)20(18,19)12-4-5-14(16)13(15)10-12/h4-5,10-11H,2-3,6-9H2,1H3. The maximum absolute atomic E-state index is 12.6. The Morgan fingerprint density at radius 2 is 2.00 bits per heavy atom. The molecule has 1 aromatic carbocycles. The summed E-state index contributed by atoms with van der Waals surface area (Å²) in [4.78, 5) is 0.308. The molecule has 2 rings (SSSR count). The molecule has 0 unspecified atom stereocenters. The third kappa shape index (κ3) is 3.56. The van der Waals surface area contributed by atoms with Crippen LogP contribution in [0, 0.1) is 5.92 Å². The molecular formula is C14H19BrClNO2S. The van der Waals surface area contributed by atoms with Gasteiger partial charge in [-0.15, -0.1) is 0 Å². The fraction of sp³-hybridized carbons (Fsp3) is 0.571. The van der Waals surface area contributed by atoms with Gasteiger partial charge < -0.3 is 0 Å². The van der Waals surface area contributed by atoms with Gasteiger partial charge in [0.05, 0.1) is 9.92 Å². The number of halogens is 2. The molecule has 0 amide bonds. The molecule has 0 spiro atoms. The van der Waals surface area contributed by atoms with Crippen LogP contribution in [0.25, 0.3) is 0 Å². The zero-order valence-corrected chi connectivity index (χ0v) is 14.6. The van der Waals surface area contributed by atoms with Crippen molar-refractivity contribution in [1.82, 2.24) is 4.31 Å². The fourth-order valence-electron chi connectivity index (χ4n) is 2.63. The van der Waals surface area contributed by atoms with Gasteiger partial charge in [0.2, 0.25) is 10.0 Å². The van der Waals surface area contributed by atoms with Crippen molar-refractivity contribution in [3.8, 4) is 0 Å². The molecule has 0 saturated carbocycles. The lowest BCUT2D eigenvalue weighted by atomic mass is 9.94. The summed E-state index contributed by atoms with van der Waals surface area (Å²) in [6.45, 7) is 3.41. The van der Waals surface area contributed by atoms with Crippen molar-refractivity contribution in [2.45, 2.75) is 37.5 Å². The second-order valence-corrected chi connectivity index (χ2v) is 8.41. The molecule has 3 nitrogen and oxygen atoms in total. The predicted octanol–water partition coefficient (Wildman–Crippen LogP) is 4.30. The Balaban J connectivity index is 2.13. The van der Waals surface area contributed by atoms with E-state index in [1.807, 2.05) is 0 Å². The third-order valence-corrected chi connectivity index (χ3v) is 6.91. The Morgan fingerprint density at radius 1 is 1.35 bits per heavy atom. The summed E-state index contributed by atoms with van der Waals surface area (Å²) >= 11 is 9.19. The van der Waals surface area contributed by atoms with Crippen LogP contribution >= 0.6 is 27.5 Å². The van der Waals surface area contributed by atoms with Crippen molar-refractivity contribution in [3.63, 3.8) is 0 Å². The lowest BCUT2D eigenvalue weighted by Crippen LogP contribution is -2.38. The summed E-state index contributed by atoms with van der Waals surface area (Å²) in [5.74, 6) is 0.670. The first-order valence-corrected chi connectivity index (χ1v) is 9.51. The summed E-state index contributed by atoms with van der Waals surface area (Å²) in [6, 6.07) is 4.76. The summed E-state index contributed by atoms with van der Waals surface area (Å²) in [5.41, 5.74) is 0. The number of nitrogens with zero attached hydrogens (tertiary/aromatic N) is 1. The highest BCUT2D eigenvalue weighted by molar-refractivity contribution is 9.10. The average Bonchev–Trinajstić information content (AvgIpc) is 2.43. The lowest BCUT2D eigenvalue weighted by molar-refractivity contribution is 0.262. The fourth-order valence-corrected chi connectivity index (χ4v) is 4.78. The van der Waals surface area contributed by atoms with Crippen LogP contribution in [0.2, 0.25) is 5.02 Å². The van der Waals surface area contributed by atoms with E-state index in [0.29, 0.717) is 33.4 Å². The van der Waals surface area contributed by atoms with Crippen molar-refractivity contribution in [2.75, 3.05) is 13.1 Å². The Kier molecular flexibility index (Phi) is 5.51. The SMILES string of the molecule is CCCC1CCN(S(=O)(=O)c2ccc(Cl)c(Br)c2)CC1. The number of benzene rings is 1. The molecule has 6 heteroatoms. The Labute approximate surface area is 134 Å². The molecule has 1 aliphatic heterocycles. The minimum absolute atomic E-state index is 0.308. The molecule has 0 atom stereocenters. The summed E-state index contributed by atoms with van der Waals surface area (Å²) in [6.07, 6.45) is 4.28. The number of piperidine rings is 1. The number of rotatable bonds is 4. The van der Waals surface area contributed by atoms with E-state index in [1.165, 1.54) is 12.8 Å². The smallest absolute Gasteiger partial charge is 0.207 e. The normalized spacial score (nSPS) is 18.4. The van der Waals surface area contributed by atoms with Gasteiger partial charge in [-0.1, -0.05) is 31.4 Å². The molecule has 0 bridgehead atoms. The Bertz CT molecular complexity index is 569. The van der Waals surface area contributed by atoms with Crippen LogP contribution in [0.4, 0.5) is 0 Å². The van der Waals surface area contributed by atoms with Crippen LogP contribution in [-0.4, -0.2) is 25.8 Å². The molecule has 0 aromatic heterocycles. The highest BCUT2D eigenvalue weighted by Crippen LogP contribution is 2.29. The van der Waals surface area contributed by atoms with Gasteiger partial charge in [0.15, 0.2) is 0 Å². The average molecular weight is 381 g/mol. The Morgan fingerprint density at radius 3 is 2.55 bits per heavy atom. The monoisotopic (exact) mass is 379 g/mol. The van der Waals surface area contributed by atoms with E-state index in [4.69, 9.17) is 11.6 Å². The van der Waals surface area contributed by atoms with Crippen molar-refractivity contribution in [1.29, 1.82) is 0 Å². The van der Waals surface area contributed by atoms with E-state index in [-0.39, 0.29) is 0 Å². The highest BCUT2D eigenvalue weighted by atomic mass is 79.9. The van der Waals surface area contributed by atoms with E-state index in [1.54, 1.807) is 22.5 Å². The van der Waals surface area contributed by atoms with Crippen LogP contribution in [0.1, 0.15) is 32.6 Å². The molecule has 0 radical (unpaired) electrons. The van der Waals surface area contributed by atoms with Gasteiger partial charge in [-0.25, -0.2) is 8.42 Å². The van der Waals surface area contributed by atoms with Gasteiger partial charge in [-0.3, -0.25) is 0 Å². The molecule has 20 heavy (non-hydrogen) atoms. The van der Waals surface area contributed by atoms with Crippen molar-refractivity contribution < 1.29 is 8.42 Å². The van der Waals surface area contributed by atoms with Gasteiger partial charge in [0.25, 0.3) is 0 Å².